The van der Waals surface area contributed by atoms with Gasteiger partial charge in [0.05, 0.1) is 11.0 Å². The third-order valence-electron chi connectivity index (χ3n) is 6.36. The van der Waals surface area contributed by atoms with E-state index in [1.807, 2.05) is 18.5 Å². The van der Waals surface area contributed by atoms with Gasteiger partial charge in [-0.1, -0.05) is 0 Å². The molecular weight excluding hydrogens is 276 g/mol. The van der Waals surface area contributed by atoms with Crippen LogP contribution in [0.25, 0.3) is 0 Å². The largest absolute Gasteiger partial charge is 0.342 e. The number of hydrogen-bond acceptors (Lipinski definition) is 3. The summed E-state index contributed by atoms with van der Waals surface area (Å²) in [5.41, 5.74) is 0.0298. The van der Waals surface area contributed by atoms with Crippen LogP contribution < -0.4 is 0 Å². The van der Waals surface area contributed by atoms with Crippen molar-refractivity contribution < 1.29 is 4.79 Å². The summed E-state index contributed by atoms with van der Waals surface area (Å²) < 4.78 is 2.08. The number of piperidine rings is 4. The van der Waals surface area contributed by atoms with Crippen LogP contribution in [0.4, 0.5) is 0 Å². The molecule has 0 atom stereocenters. The molecule has 1 aromatic rings. The maximum Gasteiger partial charge on any atom is 0.228 e. The lowest BCUT2D eigenvalue weighted by molar-refractivity contribution is -0.151. The van der Waals surface area contributed by atoms with E-state index in [9.17, 15) is 4.79 Å². The highest BCUT2D eigenvalue weighted by Gasteiger charge is 2.48. The van der Waals surface area contributed by atoms with Crippen LogP contribution in [0.1, 0.15) is 39.0 Å². The second-order valence-electron chi connectivity index (χ2n) is 7.61. The maximum absolute atomic E-state index is 13.1. The Morgan fingerprint density at radius 3 is 2.18 bits per heavy atom. The van der Waals surface area contributed by atoms with Crippen LogP contribution in [0.3, 0.4) is 0 Å². The Hall–Kier alpha value is -1.36. The second-order valence-corrected chi connectivity index (χ2v) is 7.61. The fourth-order valence-electron chi connectivity index (χ4n) is 4.49. The molecule has 22 heavy (non-hydrogen) atoms. The first-order valence-corrected chi connectivity index (χ1v) is 8.63. The monoisotopic (exact) mass is 302 g/mol. The van der Waals surface area contributed by atoms with Gasteiger partial charge in [0.1, 0.15) is 0 Å². The molecule has 0 unspecified atom stereocenters. The van der Waals surface area contributed by atoms with Gasteiger partial charge in [0.15, 0.2) is 0 Å². The van der Waals surface area contributed by atoms with Crippen LogP contribution in [0, 0.1) is 5.41 Å². The fourth-order valence-corrected chi connectivity index (χ4v) is 4.49. The van der Waals surface area contributed by atoms with Crippen molar-refractivity contribution >= 4 is 5.91 Å². The lowest BCUT2D eigenvalue weighted by Crippen LogP contribution is -2.58. The molecule has 0 N–H and O–H groups in total. The number of carbonyl (C=O) groups excluding carboxylic acids is 1. The summed E-state index contributed by atoms with van der Waals surface area (Å²) in [7, 11) is 0. The Morgan fingerprint density at radius 2 is 1.64 bits per heavy atom. The smallest absolute Gasteiger partial charge is 0.228 e. The zero-order valence-corrected chi connectivity index (χ0v) is 13.5. The standard InChI is InChI=1S/C17H26N4O/c1-16(21-9-2-8-18-21)3-13-20(14-4-16)15(22)17-5-10-19(11-6-17)12-7-17/h2,8-9H,3-7,10-14H2,1H3. The lowest BCUT2D eigenvalue weighted by Gasteiger charge is -2.50. The summed E-state index contributed by atoms with van der Waals surface area (Å²) in [4.78, 5) is 17.8. The molecule has 5 heterocycles. The van der Waals surface area contributed by atoms with Crippen molar-refractivity contribution in [2.24, 2.45) is 5.41 Å². The Balaban J connectivity index is 1.44. The van der Waals surface area contributed by atoms with E-state index >= 15 is 0 Å². The van der Waals surface area contributed by atoms with E-state index in [0.29, 0.717) is 5.91 Å². The summed E-state index contributed by atoms with van der Waals surface area (Å²) in [5, 5.41) is 4.42. The third kappa shape index (κ3) is 2.18. The molecule has 4 fully saturated rings. The maximum atomic E-state index is 13.1. The van der Waals surface area contributed by atoms with E-state index in [2.05, 4.69) is 26.5 Å². The summed E-state index contributed by atoms with van der Waals surface area (Å²) in [6.45, 7) is 7.36. The molecule has 0 saturated carbocycles. The third-order valence-corrected chi connectivity index (χ3v) is 6.36. The zero-order valence-electron chi connectivity index (χ0n) is 13.5. The van der Waals surface area contributed by atoms with E-state index in [-0.39, 0.29) is 11.0 Å². The molecule has 5 nitrogen and oxygen atoms in total. The topological polar surface area (TPSA) is 41.4 Å². The van der Waals surface area contributed by atoms with E-state index in [1.165, 1.54) is 0 Å². The molecule has 4 aliphatic heterocycles. The number of fused-ring (bicyclic) bond motifs is 3. The van der Waals surface area contributed by atoms with Crippen LogP contribution in [-0.4, -0.2) is 58.2 Å². The van der Waals surface area contributed by atoms with Gasteiger partial charge in [-0.25, -0.2) is 0 Å². The first-order valence-electron chi connectivity index (χ1n) is 8.63. The molecule has 2 bridgehead atoms. The first kappa shape index (κ1) is 14.2. The van der Waals surface area contributed by atoms with Crippen LogP contribution in [0.5, 0.6) is 0 Å². The van der Waals surface area contributed by atoms with Crippen LogP contribution in [-0.2, 0) is 10.3 Å². The number of rotatable bonds is 2. The van der Waals surface area contributed by atoms with Gasteiger partial charge >= 0.3 is 0 Å². The molecule has 5 rings (SSSR count). The summed E-state index contributed by atoms with van der Waals surface area (Å²) in [5.74, 6) is 0.439. The van der Waals surface area contributed by atoms with Crippen LogP contribution in [0.2, 0.25) is 0 Å². The summed E-state index contributed by atoms with van der Waals surface area (Å²) in [6.07, 6.45) is 9.10. The Kier molecular flexibility index (Phi) is 3.29. The minimum absolute atomic E-state index is 0.0335. The average Bonchev–Trinajstić information content (AvgIpc) is 3.12. The predicted octanol–water partition coefficient (Wildman–Crippen LogP) is 1.71. The molecule has 0 aromatic carbocycles. The van der Waals surface area contributed by atoms with Gasteiger partial charge in [0.2, 0.25) is 5.91 Å². The Labute approximate surface area is 132 Å². The highest BCUT2D eigenvalue weighted by molar-refractivity contribution is 5.83. The first-order chi connectivity index (χ1) is 10.6. The van der Waals surface area contributed by atoms with Crippen molar-refractivity contribution in [2.45, 2.75) is 44.6 Å². The van der Waals surface area contributed by atoms with Crippen LogP contribution in [0.15, 0.2) is 18.5 Å². The van der Waals surface area contributed by atoms with Gasteiger partial charge in [-0.3, -0.25) is 9.48 Å². The molecule has 4 saturated heterocycles. The summed E-state index contributed by atoms with van der Waals surface area (Å²) in [6, 6.07) is 1.98. The van der Waals surface area contributed by atoms with E-state index in [1.54, 1.807) is 0 Å². The van der Waals surface area contributed by atoms with Crippen molar-refractivity contribution in [2.75, 3.05) is 32.7 Å². The Bertz CT molecular complexity index is 523. The molecular formula is C17H26N4O. The number of hydrogen-bond donors (Lipinski definition) is 0. The normalized spacial score (nSPS) is 33.9. The van der Waals surface area contributed by atoms with Gasteiger partial charge < -0.3 is 9.80 Å². The number of aromatic nitrogens is 2. The molecule has 120 valence electrons. The van der Waals surface area contributed by atoms with Gasteiger partial charge in [-0.05, 0) is 64.7 Å². The molecule has 1 amide bonds. The lowest BCUT2D eigenvalue weighted by atomic mass is 9.70. The minimum atomic E-state index is -0.0335. The highest BCUT2D eigenvalue weighted by Crippen LogP contribution is 2.42. The fraction of sp³-hybridized carbons (Fsp3) is 0.765. The highest BCUT2D eigenvalue weighted by atomic mass is 16.2. The summed E-state index contributed by atoms with van der Waals surface area (Å²) >= 11 is 0. The van der Waals surface area contributed by atoms with E-state index < -0.39 is 0 Å². The minimum Gasteiger partial charge on any atom is -0.342 e. The predicted molar refractivity (Wildman–Crippen MR) is 84.4 cm³/mol. The molecule has 0 aliphatic carbocycles. The van der Waals surface area contributed by atoms with Crippen molar-refractivity contribution in [1.29, 1.82) is 0 Å². The average molecular weight is 302 g/mol. The van der Waals surface area contributed by atoms with Gasteiger partial charge in [-0.15, -0.1) is 0 Å². The van der Waals surface area contributed by atoms with Crippen molar-refractivity contribution in [3.8, 4) is 0 Å². The van der Waals surface area contributed by atoms with E-state index in [0.717, 1.165) is 64.8 Å². The van der Waals surface area contributed by atoms with Crippen molar-refractivity contribution in [3.05, 3.63) is 18.5 Å². The van der Waals surface area contributed by atoms with Crippen molar-refractivity contribution in [1.82, 2.24) is 19.6 Å². The second kappa shape index (κ2) is 5.08. The zero-order chi connectivity index (χ0) is 15.2. The van der Waals surface area contributed by atoms with E-state index in [4.69, 9.17) is 0 Å². The Morgan fingerprint density at radius 1 is 1.00 bits per heavy atom. The molecule has 5 heteroatoms. The number of amides is 1. The molecule has 0 spiro atoms. The number of nitrogens with zero attached hydrogens (tertiary/aromatic N) is 4. The van der Waals surface area contributed by atoms with Crippen LogP contribution >= 0.6 is 0 Å². The van der Waals surface area contributed by atoms with Gasteiger partial charge in [-0.2, -0.15) is 5.10 Å². The molecule has 4 aliphatic rings. The number of likely N-dealkylation sites (tertiary alicyclic amines) is 1. The SMILES string of the molecule is CC1(n2cccn2)CCN(C(=O)C23CCN(CC2)CC3)CC1. The number of carbonyl (C=O) groups is 1. The molecule has 1 aromatic heterocycles. The van der Waals surface area contributed by atoms with Gasteiger partial charge in [0.25, 0.3) is 0 Å². The van der Waals surface area contributed by atoms with Gasteiger partial charge in [0, 0.05) is 25.5 Å². The molecule has 0 radical (unpaired) electrons. The van der Waals surface area contributed by atoms with Crippen molar-refractivity contribution in [3.63, 3.8) is 0 Å². The quantitative estimate of drug-likeness (QED) is 0.835.